The van der Waals surface area contributed by atoms with Crippen LogP contribution >= 0.6 is 0 Å². The molecule has 0 radical (unpaired) electrons. The fourth-order valence-electron chi connectivity index (χ4n) is 1.79. The van der Waals surface area contributed by atoms with Gasteiger partial charge >= 0.3 is 0 Å². The Morgan fingerprint density at radius 3 is 2.64 bits per heavy atom. The lowest BCUT2D eigenvalue weighted by Crippen LogP contribution is -2.33. The van der Waals surface area contributed by atoms with Crippen molar-refractivity contribution in [3.63, 3.8) is 0 Å². The minimum Gasteiger partial charge on any atom is -0.352 e. The highest BCUT2D eigenvalue weighted by atomic mass is 15.4. The van der Waals surface area contributed by atoms with Gasteiger partial charge in [0.2, 0.25) is 5.95 Å². The van der Waals surface area contributed by atoms with E-state index in [1.54, 1.807) is 4.68 Å². The fraction of sp³-hybridized carbons (Fsp3) is 0.800. The van der Waals surface area contributed by atoms with E-state index in [0.29, 0.717) is 5.41 Å². The van der Waals surface area contributed by atoms with Crippen LogP contribution in [0.25, 0.3) is 0 Å². The summed E-state index contributed by atoms with van der Waals surface area (Å²) in [5, 5.41) is 7.57. The standard InChI is InChI=1S/C10H18N4/c1-8-12-9(13-14(8)3)11-7-10(2)5-4-6-10/h4-7H2,1-3H3,(H,11,13). The molecule has 0 atom stereocenters. The lowest BCUT2D eigenvalue weighted by molar-refractivity contribution is 0.179. The Morgan fingerprint density at radius 2 is 2.21 bits per heavy atom. The molecule has 0 spiro atoms. The average molecular weight is 194 g/mol. The number of aromatic nitrogens is 3. The number of aryl methyl sites for hydroxylation is 2. The zero-order valence-corrected chi connectivity index (χ0v) is 9.17. The van der Waals surface area contributed by atoms with Crippen LogP contribution in [0.2, 0.25) is 0 Å². The lowest BCUT2D eigenvalue weighted by atomic mass is 9.70. The van der Waals surface area contributed by atoms with Gasteiger partial charge in [-0.2, -0.15) is 4.98 Å². The van der Waals surface area contributed by atoms with E-state index >= 15 is 0 Å². The molecule has 4 nitrogen and oxygen atoms in total. The van der Waals surface area contributed by atoms with Gasteiger partial charge in [0.05, 0.1) is 0 Å². The minimum absolute atomic E-state index is 0.479. The molecule has 1 aliphatic rings. The molecule has 1 heterocycles. The van der Waals surface area contributed by atoms with E-state index in [1.165, 1.54) is 19.3 Å². The van der Waals surface area contributed by atoms with E-state index in [0.717, 1.165) is 18.3 Å². The molecule has 0 aromatic carbocycles. The van der Waals surface area contributed by atoms with Gasteiger partial charge in [0.25, 0.3) is 0 Å². The molecule has 0 saturated heterocycles. The lowest BCUT2D eigenvalue weighted by Gasteiger charge is -2.38. The average Bonchev–Trinajstić information content (AvgIpc) is 2.40. The highest BCUT2D eigenvalue weighted by Crippen LogP contribution is 2.39. The van der Waals surface area contributed by atoms with Crippen molar-refractivity contribution in [2.24, 2.45) is 12.5 Å². The van der Waals surface area contributed by atoms with Crippen LogP contribution in [-0.4, -0.2) is 21.3 Å². The second-order valence-electron chi connectivity index (χ2n) is 4.62. The maximum Gasteiger partial charge on any atom is 0.242 e. The molecule has 1 aliphatic carbocycles. The molecule has 1 aromatic heterocycles. The molecular formula is C10H18N4. The Bertz CT molecular complexity index is 305. The number of hydrogen-bond acceptors (Lipinski definition) is 3. The first-order chi connectivity index (χ1) is 6.59. The number of nitrogens with one attached hydrogen (secondary N) is 1. The van der Waals surface area contributed by atoms with E-state index in [9.17, 15) is 0 Å². The summed E-state index contributed by atoms with van der Waals surface area (Å²) in [6, 6.07) is 0. The Hall–Kier alpha value is -1.06. The highest BCUT2D eigenvalue weighted by molar-refractivity contribution is 5.23. The van der Waals surface area contributed by atoms with Crippen LogP contribution in [0.15, 0.2) is 0 Å². The van der Waals surface area contributed by atoms with Crippen LogP contribution in [0.1, 0.15) is 32.0 Å². The maximum absolute atomic E-state index is 4.31. The predicted molar refractivity (Wildman–Crippen MR) is 56.2 cm³/mol. The summed E-state index contributed by atoms with van der Waals surface area (Å²) in [6.45, 7) is 5.28. The molecule has 1 fully saturated rings. The van der Waals surface area contributed by atoms with Crippen LogP contribution < -0.4 is 5.32 Å². The first kappa shape index (κ1) is 9.49. The third-order valence-corrected chi connectivity index (χ3v) is 3.21. The maximum atomic E-state index is 4.31. The zero-order valence-electron chi connectivity index (χ0n) is 9.17. The number of hydrogen-bond donors (Lipinski definition) is 1. The summed E-state index contributed by atoms with van der Waals surface area (Å²) in [6.07, 6.45) is 4.02. The molecule has 0 unspecified atom stereocenters. The third kappa shape index (κ3) is 1.74. The van der Waals surface area contributed by atoms with Crippen molar-refractivity contribution in [3.8, 4) is 0 Å². The topological polar surface area (TPSA) is 42.7 Å². The van der Waals surface area contributed by atoms with Gasteiger partial charge in [-0.25, -0.2) is 0 Å². The summed E-state index contributed by atoms with van der Waals surface area (Å²) >= 11 is 0. The van der Waals surface area contributed by atoms with Gasteiger partial charge in [0, 0.05) is 13.6 Å². The van der Waals surface area contributed by atoms with Gasteiger partial charge in [-0.3, -0.25) is 4.68 Å². The molecule has 1 saturated carbocycles. The Morgan fingerprint density at radius 1 is 1.50 bits per heavy atom. The molecule has 1 N–H and O–H groups in total. The normalized spacial score (nSPS) is 19.1. The summed E-state index contributed by atoms with van der Waals surface area (Å²) in [5.74, 6) is 1.71. The third-order valence-electron chi connectivity index (χ3n) is 3.21. The van der Waals surface area contributed by atoms with Crippen LogP contribution in [-0.2, 0) is 7.05 Å². The van der Waals surface area contributed by atoms with Crippen molar-refractivity contribution in [3.05, 3.63) is 5.82 Å². The van der Waals surface area contributed by atoms with E-state index in [4.69, 9.17) is 0 Å². The molecule has 4 heteroatoms. The van der Waals surface area contributed by atoms with Gasteiger partial charge < -0.3 is 5.32 Å². The van der Waals surface area contributed by atoms with Gasteiger partial charge in [-0.15, -0.1) is 5.10 Å². The number of rotatable bonds is 3. The smallest absolute Gasteiger partial charge is 0.242 e. The SMILES string of the molecule is Cc1nc(NCC2(C)CCC2)nn1C. The van der Waals surface area contributed by atoms with Crippen molar-refractivity contribution < 1.29 is 0 Å². The molecule has 0 aliphatic heterocycles. The van der Waals surface area contributed by atoms with E-state index in [2.05, 4.69) is 22.3 Å². The van der Waals surface area contributed by atoms with Crippen LogP contribution in [0.5, 0.6) is 0 Å². The number of anilines is 1. The van der Waals surface area contributed by atoms with Crippen molar-refractivity contribution in [2.75, 3.05) is 11.9 Å². The first-order valence-corrected chi connectivity index (χ1v) is 5.21. The van der Waals surface area contributed by atoms with Gasteiger partial charge in [0.1, 0.15) is 5.82 Å². The van der Waals surface area contributed by atoms with Gasteiger partial charge in [-0.1, -0.05) is 13.3 Å². The highest BCUT2D eigenvalue weighted by Gasteiger charge is 2.31. The molecular weight excluding hydrogens is 176 g/mol. The van der Waals surface area contributed by atoms with Gasteiger partial charge in [0.15, 0.2) is 0 Å². The molecule has 78 valence electrons. The second kappa shape index (κ2) is 3.26. The van der Waals surface area contributed by atoms with Crippen LogP contribution in [0, 0.1) is 12.3 Å². The summed E-state index contributed by atoms with van der Waals surface area (Å²) < 4.78 is 1.80. The van der Waals surface area contributed by atoms with Crippen LogP contribution in [0.3, 0.4) is 0 Å². The molecule has 0 amide bonds. The second-order valence-corrected chi connectivity index (χ2v) is 4.62. The van der Waals surface area contributed by atoms with Crippen molar-refractivity contribution in [1.29, 1.82) is 0 Å². The van der Waals surface area contributed by atoms with Crippen molar-refractivity contribution >= 4 is 5.95 Å². The Kier molecular flexibility index (Phi) is 2.21. The minimum atomic E-state index is 0.479. The fourth-order valence-corrected chi connectivity index (χ4v) is 1.79. The Balaban J connectivity index is 1.91. The van der Waals surface area contributed by atoms with E-state index < -0.39 is 0 Å². The zero-order chi connectivity index (χ0) is 10.2. The summed E-state index contributed by atoms with van der Waals surface area (Å²) in [4.78, 5) is 4.31. The van der Waals surface area contributed by atoms with Gasteiger partial charge in [-0.05, 0) is 25.2 Å². The molecule has 0 bridgehead atoms. The van der Waals surface area contributed by atoms with E-state index in [-0.39, 0.29) is 0 Å². The summed E-state index contributed by atoms with van der Waals surface area (Å²) in [7, 11) is 1.92. The van der Waals surface area contributed by atoms with Crippen molar-refractivity contribution in [1.82, 2.24) is 14.8 Å². The van der Waals surface area contributed by atoms with E-state index in [1.807, 2.05) is 14.0 Å². The first-order valence-electron chi connectivity index (χ1n) is 5.21. The molecule has 2 rings (SSSR count). The van der Waals surface area contributed by atoms with Crippen LogP contribution in [0.4, 0.5) is 5.95 Å². The molecule has 1 aromatic rings. The molecule has 14 heavy (non-hydrogen) atoms. The monoisotopic (exact) mass is 194 g/mol. The predicted octanol–water partition coefficient (Wildman–Crippen LogP) is 1.73. The van der Waals surface area contributed by atoms with Crippen molar-refractivity contribution in [2.45, 2.75) is 33.1 Å². The Labute approximate surface area is 84.7 Å². The summed E-state index contributed by atoms with van der Waals surface area (Å²) in [5.41, 5.74) is 0.479. The number of nitrogens with zero attached hydrogens (tertiary/aromatic N) is 3. The quantitative estimate of drug-likeness (QED) is 0.796. The largest absolute Gasteiger partial charge is 0.352 e.